The molecule has 0 radical (unpaired) electrons. The van der Waals surface area contributed by atoms with Crippen molar-refractivity contribution in [3.63, 3.8) is 0 Å². The highest BCUT2D eigenvalue weighted by molar-refractivity contribution is 7.99. The number of ether oxygens (including phenoxy) is 1. The lowest BCUT2D eigenvalue weighted by atomic mass is 10.2. The Bertz CT molecular complexity index is 1590. The van der Waals surface area contributed by atoms with E-state index in [2.05, 4.69) is 20.3 Å². The number of amides is 1. The monoisotopic (exact) mass is 493 g/mol. The van der Waals surface area contributed by atoms with Gasteiger partial charge in [0.25, 0.3) is 5.56 Å². The number of hydrogen-bond donors (Lipinski definition) is 1. The van der Waals surface area contributed by atoms with E-state index >= 15 is 0 Å². The van der Waals surface area contributed by atoms with Gasteiger partial charge in [0, 0.05) is 0 Å². The minimum atomic E-state index is -3.01. The van der Waals surface area contributed by atoms with E-state index in [0.29, 0.717) is 27.5 Å². The van der Waals surface area contributed by atoms with Gasteiger partial charge in [-0.15, -0.1) is 10.2 Å². The molecule has 5 aromatic rings. The van der Waals surface area contributed by atoms with Crippen molar-refractivity contribution >= 4 is 40.0 Å². The number of benzene rings is 3. The van der Waals surface area contributed by atoms with Crippen LogP contribution in [-0.4, -0.2) is 37.4 Å². The van der Waals surface area contributed by atoms with Crippen molar-refractivity contribution in [1.82, 2.24) is 19.2 Å². The molecule has 2 aromatic heterocycles. The molecule has 0 atom stereocenters. The first-order valence-electron chi connectivity index (χ1n) is 10.4. The summed E-state index contributed by atoms with van der Waals surface area (Å²) in [6.07, 6.45) is 0. The quantitative estimate of drug-likeness (QED) is 0.339. The molecule has 0 aliphatic carbocycles. The predicted octanol–water partition coefficient (Wildman–Crippen LogP) is 4.37. The highest BCUT2D eigenvalue weighted by Crippen LogP contribution is 2.27. The number of nitrogens with zero attached hydrogens (tertiary/aromatic N) is 4. The molecule has 1 N–H and O–H groups in total. The fourth-order valence-electron chi connectivity index (χ4n) is 3.67. The average Bonchev–Trinajstić information content (AvgIpc) is 3.28. The second-order valence-electron chi connectivity index (χ2n) is 7.32. The standard InChI is InChI=1S/C24H17F2N5O3S/c25-22(26)34-19-13-7-5-11-17(19)27-20(32)14-35-24-29-28-23-30(15-8-2-1-3-9-15)21(33)16-10-4-6-12-18(16)31(23)24/h1-13,22H,14H2,(H,27,32). The molecular formula is C24H17F2N5O3S. The largest absolute Gasteiger partial charge is 0.433 e. The molecule has 0 saturated heterocycles. The van der Waals surface area contributed by atoms with Crippen LogP contribution < -0.4 is 15.6 Å². The number of anilines is 1. The van der Waals surface area contributed by atoms with Gasteiger partial charge in [-0.05, 0) is 36.4 Å². The maximum atomic E-state index is 13.3. The second kappa shape index (κ2) is 9.55. The van der Waals surface area contributed by atoms with Crippen molar-refractivity contribution in [2.75, 3.05) is 11.1 Å². The number of rotatable bonds is 7. The van der Waals surface area contributed by atoms with Crippen LogP contribution in [0.2, 0.25) is 0 Å². The molecule has 0 bridgehead atoms. The van der Waals surface area contributed by atoms with E-state index in [9.17, 15) is 18.4 Å². The molecule has 1 amide bonds. The lowest BCUT2D eigenvalue weighted by Gasteiger charge is -2.12. The normalized spacial score (nSPS) is 11.3. The van der Waals surface area contributed by atoms with E-state index in [1.807, 2.05) is 18.2 Å². The average molecular weight is 493 g/mol. The third-order valence-electron chi connectivity index (χ3n) is 5.12. The molecule has 0 unspecified atom stereocenters. The summed E-state index contributed by atoms with van der Waals surface area (Å²) in [7, 11) is 0. The third kappa shape index (κ3) is 4.45. The van der Waals surface area contributed by atoms with Crippen molar-refractivity contribution < 1.29 is 18.3 Å². The number of para-hydroxylation sites is 4. The maximum absolute atomic E-state index is 13.3. The summed E-state index contributed by atoms with van der Waals surface area (Å²) in [6.45, 7) is -3.01. The highest BCUT2D eigenvalue weighted by Gasteiger charge is 2.19. The Hall–Kier alpha value is -4.25. The fourth-order valence-corrected chi connectivity index (χ4v) is 4.41. The van der Waals surface area contributed by atoms with Gasteiger partial charge in [-0.3, -0.25) is 14.0 Å². The van der Waals surface area contributed by atoms with Crippen LogP contribution in [-0.2, 0) is 4.79 Å². The molecule has 0 spiro atoms. The van der Waals surface area contributed by atoms with Gasteiger partial charge in [-0.1, -0.05) is 54.2 Å². The Morgan fingerprint density at radius 2 is 1.69 bits per heavy atom. The van der Waals surface area contributed by atoms with Gasteiger partial charge in [-0.25, -0.2) is 4.57 Å². The molecule has 176 valence electrons. The number of aromatic nitrogens is 4. The van der Waals surface area contributed by atoms with Gasteiger partial charge >= 0.3 is 6.61 Å². The van der Waals surface area contributed by atoms with Gasteiger partial charge in [0.15, 0.2) is 5.16 Å². The van der Waals surface area contributed by atoms with Gasteiger partial charge in [0.05, 0.1) is 28.0 Å². The summed E-state index contributed by atoms with van der Waals surface area (Å²) in [4.78, 5) is 25.9. The van der Waals surface area contributed by atoms with Crippen molar-refractivity contribution in [3.8, 4) is 11.4 Å². The minimum Gasteiger partial charge on any atom is -0.433 e. The molecule has 0 fully saturated rings. The number of alkyl halides is 2. The summed E-state index contributed by atoms with van der Waals surface area (Å²) in [5.41, 5.74) is 1.12. The van der Waals surface area contributed by atoms with Crippen molar-refractivity contribution in [2.45, 2.75) is 11.8 Å². The van der Waals surface area contributed by atoms with Crippen LogP contribution in [0.3, 0.4) is 0 Å². The van der Waals surface area contributed by atoms with Gasteiger partial charge in [0.1, 0.15) is 5.75 Å². The first-order valence-corrected chi connectivity index (χ1v) is 11.4. The first-order chi connectivity index (χ1) is 17.0. The molecule has 11 heteroatoms. The summed E-state index contributed by atoms with van der Waals surface area (Å²) in [6, 6.07) is 22.1. The van der Waals surface area contributed by atoms with Crippen LogP contribution in [0.1, 0.15) is 0 Å². The first kappa shape index (κ1) is 22.5. The second-order valence-corrected chi connectivity index (χ2v) is 8.27. The van der Waals surface area contributed by atoms with Gasteiger partial charge < -0.3 is 10.1 Å². The number of hydrogen-bond acceptors (Lipinski definition) is 6. The van der Waals surface area contributed by atoms with E-state index in [0.717, 1.165) is 11.8 Å². The van der Waals surface area contributed by atoms with Crippen molar-refractivity contribution in [1.29, 1.82) is 0 Å². The molecule has 2 heterocycles. The zero-order valence-electron chi connectivity index (χ0n) is 18.0. The Morgan fingerprint density at radius 1 is 0.971 bits per heavy atom. The number of fused-ring (bicyclic) bond motifs is 3. The number of thioether (sulfide) groups is 1. The zero-order chi connectivity index (χ0) is 24.4. The molecule has 0 aliphatic rings. The highest BCUT2D eigenvalue weighted by atomic mass is 32.2. The van der Waals surface area contributed by atoms with E-state index in [4.69, 9.17) is 0 Å². The maximum Gasteiger partial charge on any atom is 0.387 e. The van der Waals surface area contributed by atoms with E-state index < -0.39 is 12.5 Å². The van der Waals surface area contributed by atoms with Crippen LogP contribution in [0.4, 0.5) is 14.5 Å². The van der Waals surface area contributed by atoms with Gasteiger partial charge in [-0.2, -0.15) is 8.78 Å². The lowest BCUT2D eigenvalue weighted by Crippen LogP contribution is -2.22. The summed E-state index contributed by atoms with van der Waals surface area (Å²) in [5.74, 6) is -0.356. The predicted molar refractivity (Wildman–Crippen MR) is 129 cm³/mol. The SMILES string of the molecule is O=C(CSc1nnc2n(-c3ccccc3)c(=O)c3ccccc3n12)Nc1ccccc1OC(F)F. The summed E-state index contributed by atoms with van der Waals surface area (Å²) >= 11 is 1.10. The van der Waals surface area contributed by atoms with E-state index in [1.54, 1.807) is 46.9 Å². The molecule has 0 saturated carbocycles. The smallest absolute Gasteiger partial charge is 0.387 e. The molecule has 0 aliphatic heterocycles. The Morgan fingerprint density at radius 3 is 2.49 bits per heavy atom. The van der Waals surface area contributed by atoms with E-state index in [-0.39, 0.29) is 22.7 Å². The lowest BCUT2D eigenvalue weighted by molar-refractivity contribution is -0.113. The zero-order valence-corrected chi connectivity index (χ0v) is 18.8. The Labute approximate surface area is 201 Å². The Kier molecular flexibility index (Phi) is 6.15. The molecule has 8 nitrogen and oxygen atoms in total. The number of halogens is 2. The van der Waals surface area contributed by atoms with Gasteiger partial charge in [0.2, 0.25) is 11.7 Å². The number of nitrogens with one attached hydrogen (secondary N) is 1. The molecule has 35 heavy (non-hydrogen) atoms. The van der Waals surface area contributed by atoms with Crippen LogP contribution in [0.15, 0.2) is 88.8 Å². The Balaban J connectivity index is 1.48. The van der Waals surface area contributed by atoms with Crippen molar-refractivity contribution in [3.05, 3.63) is 89.2 Å². The van der Waals surface area contributed by atoms with E-state index in [1.165, 1.54) is 22.8 Å². The number of carbonyl (C=O) groups excluding carboxylic acids is 1. The molecular weight excluding hydrogens is 476 g/mol. The minimum absolute atomic E-state index is 0.0808. The fraction of sp³-hybridized carbons (Fsp3) is 0.0833. The third-order valence-corrected chi connectivity index (χ3v) is 6.05. The van der Waals surface area contributed by atoms with Crippen molar-refractivity contribution in [2.24, 2.45) is 0 Å². The van der Waals surface area contributed by atoms with Crippen LogP contribution in [0.25, 0.3) is 22.4 Å². The molecule has 3 aromatic carbocycles. The molecule has 5 rings (SSSR count). The van der Waals surface area contributed by atoms with Crippen LogP contribution in [0, 0.1) is 0 Å². The van der Waals surface area contributed by atoms with Crippen LogP contribution in [0.5, 0.6) is 5.75 Å². The number of carbonyl (C=O) groups is 1. The topological polar surface area (TPSA) is 90.5 Å². The summed E-state index contributed by atoms with van der Waals surface area (Å²) in [5, 5.41) is 11.9. The van der Waals surface area contributed by atoms with Crippen LogP contribution >= 0.6 is 11.8 Å². The summed E-state index contributed by atoms with van der Waals surface area (Å²) < 4.78 is 32.9.